The van der Waals surface area contributed by atoms with Crippen molar-refractivity contribution < 1.29 is 46.0 Å². The zero-order valence-electron chi connectivity index (χ0n) is 18.6. The fourth-order valence-corrected chi connectivity index (χ4v) is 3.92. The van der Waals surface area contributed by atoms with Gasteiger partial charge in [-0.2, -0.15) is 0 Å². The van der Waals surface area contributed by atoms with Gasteiger partial charge < -0.3 is 19.5 Å². The topological polar surface area (TPSA) is 149 Å². The van der Waals surface area contributed by atoms with Crippen LogP contribution in [-0.4, -0.2) is 44.4 Å². The Kier molecular flexibility index (Phi) is 4.47. The van der Waals surface area contributed by atoms with Crippen LogP contribution in [0.2, 0.25) is 0 Å². The minimum Gasteiger partial charge on any atom is -0.404 e. The summed E-state index contributed by atoms with van der Waals surface area (Å²) < 4.78 is 85.5. The molecule has 11 nitrogen and oxygen atoms in total. The summed E-state index contributed by atoms with van der Waals surface area (Å²) in [4.78, 5) is 25.5. The first-order valence-electron chi connectivity index (χ1n) is 10.1. The normalized spacial score (nSPS) is 36.7. The first-order chi connectivity index (χ1) is 15.6. The van der Waals surface area contributed by atoms with E-state index < -0.39 is 62.3 Å². The number of nitrogens with one attached hydrogen (secondary N) is 1. The minimum absolute atomic E-state index is 0.0937. The zero-order chi connectivity index (χ0) is 25.3. The number of H-pyrrole nitrogens is 1. The highest BCUT2D eigenvalue weighted by molar-refractivity contribution is 7.49. The second-order valence-electron chi connectivity index (χ2n) is 6.67. The van der Waals surface area contributed by atoms with E-state index in [-0.39, 0.29) is 21.4 Å². The van der Waals surface area contributed by atoms with Gasteiger partial charge in [0.15, 0.2) is 6.20 Å². The number of fused-ring (bicyclic) bond motifs is 1. The summed E-state index contributed by atoms with van der Waals surface area (Å²) in [6.45, 7) is -3.27. The average Bonchev–Trinajstić information content (AvgIpc) is 2.92. The van der Waals surface area contributed by atoms with Crippen LogP contribution < -0.4 is 15.8 Å². The van der Waals surface area contributed by atoms with E-state index in [9.17, 15) is 28.8 Å². The van der Waals surface area contributed by atoms with Crippen molar-refractivity contribution >= 4 is 7.82 Å². The lowest BCUT2D eigenvalue weighted by Crippen LogP contribution is -2.43. The van der Waals surface area contributed by atoms with E-state index in [0.29, 0.717) is 0 Å². The number of aryl methyl sites for hydroxylation is 1. The summed E-state index contributed by atoms with van der Waals surface area (Å²) in [5.74, 6) is -4.99. The summed E-state index contributed by atoms with van der Waals surface area (Å²) in [6, 6.07) is 2.98. The maximum Gasteiger partial charge on any atom is 0.530 e. The average molecular weight is 465 g/mol. The van der Waals surface area contributed by atoms with Gasteiger partial charge in [0.1, 0.15) is 30.3 Å². The summed E-state index contributed by atoms with van der Waals surface area (Å²) in [6.07, 6.45) is -7.92. The van der Waals surface area contributed by atoms with Gasteiger partial charge in [-0.1, -0.05) is 0 Å². The third-order valence-electron chi connectivity index (χ3n) is 4.45. The monoisotopic (exact) mass is 465 g/mol. The third-order valence-corrected chi connectivity index (χ3v) is 5.63. The van der Waals surface area contributed by atoms with Crippen LogP contribution in [0.4, 0.5) is 8.78 Å². The largest absolute Gasteiger partial charge is 0.530 e. The number of aliphatic hydroxyl groups excluding tert-OH is 2. The van der Waals surface area contributed by atoms with Gasteiger partial charge in [-0.05, 0) is 25.1 Å². The number of halogens is 2. The van der Waals surface area contributed by atoms with Gasteiger partial charge in [0.05, 0.1) is 10.7 Å². The number of nitrogens with zero attached hydrogens (tertiary/aromatic N) is 1. The molecule has 0 amide bonds. The number of aliphatic hydroxyl groups is 2. The van der Waals surface area contributed by atoms with Crippen LogP contribution in [0.3, 0.4) is 0 Å². The summed E-state index contributed by atoms with van der Waals surface area (Å²) in [7, 11) is -4.95. The number of hydrogen-bond donors (Lipinski definition) is 3. The van der Waals surface area contributed by atoms with Gasteiger partial charge >= 0.3 is 13.5 Å². The number of benzene rings is 1. The van der Waals surface area contributed by atoms with Gasteiger partial charge in [0.2, 0.25) is 0 Å². The molecule has 3 N–H and O–H groups in total. The number of phosphoric ester groups is 1. The molecule has 2 aliphatic heterocycles. The van der Waals surface area contributed by atoms with Crippen molar-refractivity contribution in [2.24, 2.45) is 0 Å². The van der Waals surface area contributed by atoms with Gasteiger partial charge in [-0.3, -0.25) is 23.4 Å². The van der Waals surface area contributed by atoms with E-state index in [0.717, 1.165) is 24.4 Å². The van der Waals surface area contributed by atoms with Crippen LogP contribution in [0.15, 0.2) is 34.0 Å². The van der Waals surface area contributed by atoms with E-state index in [1.165, 1.54) is 6.92 Å². The molecule has 1 unspecified atom stereocenters. The molecule has 3 heterocycles. The third kappa shape index (κ3) is 3.95. The molecule has 0 saturated carbocycles. The van der Waals surface area contributed by atoms with Gasteiger partial charge in [0.25, 0.3) is 11.4 Å². The SMILES string of the molecule is [2H]C([2H])(OP1(=O)OCc2cc(F)ccc2O1)[C@@]1(F)O[C@@]([2H])(n2cc(C)c(=O)[nH]c2=O)[C@H](O)[C@@H]1O. The Labute approximate surface area is 176 Å². The number of phosphoric acid groups is 1. The van der Waals surface area contributed by atoms with Crippen LogP contribution in [0.1, 0.15) is 21.4 Å². The molecule has 0 bridgehead atoms. The number of hydrogen-bond acceptors (Lipinski definition) is 9. The van der Waals surface area contributed by atoms with Gasteiger partial charge in [0, 0.05) is 17.3 Å². The van der Waals surface area contributed by atoms with Gasteiger partial charge in [-0.25, -0.2) is 18.1 Å². The maximum absolute atomic E-state index is 15.8. The number of aromatic nitrogens is 2. The van der Waals surface area contributed by atoms with Gasteiger partial charge in [-0.15, -0.1) is 0 Å². The molecule has 0 spiro atoms. The quantitative estimate of drug-likeness (QED) is 0.553. The molecule has 1 saturated heterocycles. The van der Waals surface area contributed by atoms with Crippen molar-refractivity contribution in [3.63, 3.8) is 0 Å². The molecule has 5 atom stereocenters. The summed E-state index contributed by atoms with van der Waals surface area (Å²) in [5.41, 5.74) is -2.25. The minimum atomic E-state index is -4.95. The Morgan fingerprint density at radius 3 is 2.97 bits per heavy atom. The van der Waals surface area contributed by atoms with Crippen molar-refractivity contribution in [2.45, 2.75) is 37.8 Å². The van der Waals surface area contributed by atoms with Crippen molar-refractivity contribution in [1.29, 1.82) is 0 Å². The van der Waals surface area contributed by atoms with Crippen molar-refractivity contribution in [3.8, 4) is 5.75 Å². The Morgan fingerprint density at radius 1 is 1.48 bits per heavy atom. The van der Waals surface area contributed by atoms with Crippen LogP contribution in [-0.2, 0) is 25.0 Å². The van der Waals surface area contributed by atoms with Crippen molar-refractivity contribution in [2.75, 3.05) is 6.56 Å². The lowest BCUT2D eigenvalue weighted by Gasteiger charge is -2.28. The Morgan fingerprint density at radius 2 is 2.23 bits per heavy atom. The molecule has 0 radical (unpaired) electrons. The molecule has 4 rings (SSSR count). The molecular weight excluding hydrogens is 445 g/mol. The number of aromatic amines is 1. The Balaban J connectivity index is 1.67. The fraction of sp³-hybridized carbons (Fsp3) is 0.412. The first-order valence-corrected chi connectivity index (χ1v) is 10.1. The summed E-state index contributed by atoms with van der Waals surface area (Å²) >= 11 is 0. The first kappa shape index (κ1) is 18.2. The van der Waals surface area contributed by atoms with Crippen LogP contribution in [0, 0.1) is 12.7 Å². The predicted molar refractivity (Wildman–Crippen MR) is 97.4 cm³/mol. The van der Waals surface area contributed by atoms with E-state index in [1.807, 2.05) is 0 Å². The van der Waals surface area contributed by atoms with Crippen LogP contribution in [0.5, 0.6) is 5.75 Å². The number of alkyl halides is 1. The van der Waals surface area contributed by atoms with Crippen molar-refractivity contribution in [3.05, 3.63) is 62.2 Å². The fourth-order valence-electron chi connectivity index (χ4n) is 2.82. The molecule has 14 heteroatoms. The smallest absolute Gasteiger partial charge is 0.404 e. The molecule has 168 valence electrons. The lowest BCUT2D eigenvalue weighted by atomic mass is 10.1. The molecule has 1 aromatic heterocycles. The molecule has 2 aromatic rings. The number of rotatable bonds is 4. The maximum atomic E-state index is 15.8. The van der Waals surface area contributed by atoms with E-state index in [2.05, 4.69) is 4.52 Å². The molecule has 2 aliphatic rings. The molecule has 1 aromatic carbocycles. The standard InChI is InChI=1S/C17H17F2N2O9P/c1-8-5-21(16(25)20-14(8)24)15-12(22)13(23)17(19,29-15)7-28-31(26)27-6-9-4-10(18)2-3-11(9)30-31/h2-5,12-13,15,22-23H,6-7H2,1H3,(H,20,24,25)/t12-,13+,15-,17-,31?/m1/s1/i7D2,15D. The van der Waals surface area contributed by atoms with Crippen LogP contribution in [0.25, 0.3) is 0 Å². The number of ether oxygens (including phenoxy) is 1. The van der Waals surface area contributed by atoms with E-state index in [4.69, 9.17) is 17.9 Å². The van der Waals surface area contributed by atoms with Crippen molar-refractivity contribution in [1.82, 2.24) is 9.55 Å². The predicted octanol–water partition coefficient (Wildman–Crippen LogP) is 0.634. The van der Waals surface area contributed by atoms with E-state index >= 15 is 4.39 Å². The summed E-state index contributed by atoms with van der Waals surface area (Å²) in [5, 5.41) is 20.6. The lowest BCUT2D eigenvalue weighted by molar-refractivity contribution is -0.205. The highest BCUT2D eigenvalue weighted by atomic mass is 31.2. The Bertz CT molecular complexity index is 1320. The highest BCUT2D eigenvalue weighted by Crippen LogP contribution is 2.55. The highest BCUT2D eigenvalue weighted by Gasteiger charge is 2.57. The molecule has 0 aliphatic carbocycles. The molecular formula is C17H17F2N2O9P. The second-order valence-corrected chi connectivity index (χ2v) is 8.19. The molecule has 1 fully saturated rings. The second kappa shape index (κ2) is 7.62. The zero-order valence-corrected chi connectivity index (χ0v) is 16.5. The van der Waals surface area contributed by atoms with Crippen LogP contribution >= 0.6 is 7.82 Å². The van der Waals surface area contributed by atoms with E-state index in [1.54, 1.807) is 4.98 Å². The Hall–Kier alpha value is -2.41. The molecule has 31 heavy (non-hydrogen) atoms.